The Balaban J connectivity index is 5.35. The van der Waals surface area contributed by atoms with Gasteiger partial charge in [-0.15, -0.1) is 0 Å². The zero-order valence-corrected chi connectivity index (χ0v) is 20.0. The van der Waals surface area contributed by atoms with Crippen molar-refractivity contribution in [3.05, 3.63) is 0 Å². The minimum absolute atomic E-state index is 0.0498. The first-order valence-electron chi connectivity index (χ1n) is 10.8. The largest absolute Gasteiger partial charge is 0.480 e. The lowest BCUT2D eigenvalue weighted by molar-refractivity contribution is -0.142. The molecule has 4 unspecified atom stereocenters. The van der Waals surface area contributed by atoms with E-state index >= 15 is 0 Å². The molecule has 4 atom stereocenters. The molecule has 0 bridgehead atoms. The molecule has 0 aromatic carbocycles. The maximum absolute atomic E-state index is 12.9. The second-order valence-corrected chi connectivity index (χ2v) is 8.99. The molecule has 0 aliphatic heterocycles. The van der Waals surface area contributed by atoms with Crippen LogP contribution < -0.4 is 27.4 Å². The first kappa shape index (κ1) is 30.1. The minimum atomic E-state index is -1.17. The third-order valence-electron chi connectivity index (χ3n) is 4.68. The van der Waals surface area contributed by atoms with Crippen LogP contribution in [0.3, 0.4) is 0 Å². The lowest BCUT2D eigenvalue weighted by Gasteiger charge is -2.26. The lowest BCUT2D eigenvalue weighted by Crippen LogP contribution is -2.57. The SMILES string of the molecule is CSCCC(NC(=O)C(CC(C)C)NC(=O)C(N)CO)C(=O)NC(CCCCN)C(=O)O. The molecule has 0 saturated carbocycles. The van der Waals surface area contributed by atoms with Crippen molar-refractivity contribution in [3.8, 4) is 0 Å². The van der Waals surface area contributed by atoms with E-state index in [9.17, 15) is 24.3 Å². The summed E-state index contributed by atoms with van der Waals surface area (Å²) in [5, 5.41) is 26.1. The van der Waals surface area contributed by atoms with Crippen molar-refractivity contribution < 1.29 is 29.4 Å². The van der Waals surface area contributed by atoms with Crippen molar-refractivity contribution >= 4 is 35.5 Å². The van der Waals surface area contributed by atoms with Gasteiger partial charge >= 0.3 is 5.97 Å². The molecule has 12 heteroatoms. The number of hydrogen-bond acceptors (Lipinski definition) is 8. The van der Waals surface area contributed by atoms with E-state index < -0.39 is 54.5 Å². The van der Waals surface area contributed by atoms with Crippen LogP contribution >= 0.6 is 11.8 Å². The summed E-state index contributed by atoms with van der Waals surface area (Å²) in [5.74, 6) is -2.41. The van der Waals surface area contributed by atoms with Crippen LogP contribution in [-0.2, 0) is 19.2 Å². The number of amides is 3. The molecule has 11 nitrogen and oxygen atoms in total. The zero-order chi connectivity index (χ0) is 24.7. The minimum Gasteiger partial charge on any atom is -0.480 e. The average Bonchev–Trinajstić information content (AvgIpc) is 2.73. The van der Waals surface area contributed by atoms with Crippen molar-refractivity contribution in [2.75, 3.05) is 25.2 Å². The third kappa shape index (κ3) is 12.2. The topological polar surface area (TPSA) is 197 Å². The maximum Gasteiger partial charge on any atom is 0.326 e. The number of aliphatic hydroxyl groups excluding tert-OH is 1. The fraction of sp³-hybridized carbons (Fsp3) is 0.800. The van der Waals surface area contributed by atoms with Gasteiger partial charge < -0.3 is 37.6 Å². The van der Waals surface area contributed by atoms with Gasteiger partial charge in [0.25, 0.3) is 0 Å². The second-order valence-electron chi connectivity index (χ2n) is 8.01. The molecule has 0 spiro atoms. The van der Waals surface area contributed by atoms with Crippen LogP contribution in [0.4, 0.5) is 0 Å². The molecule has 9 N–H and O–H groups in total. The summed E-state index contributed by atoms with van der Waals surface area (Å²) in [6, 6.07) is -4.18. The number of nitrogens with two attached hydrogens (primary N) is 2. The van der Waals surface area contributed by atoms with Gasteiger partial charge in [0.05, 0.1) is 6.61 Å². The van der Waals surface area contributed by atoms with E-state index in [1.165, 1.54) is 11.8 Å². The molecule has 0 radical (unpaired) electrons. The summed E-state index contributed by atoms with van der Waals surface area (Å²) < 4.78 is 0. The monoisotopic (exact) mass is 477 g/mol. The zero-order valence-electron chi connectivity index (χ0n) is 19.1. The number of carboxylic acid groups (broad SMARTS) is 1. The molecule has 0 aromatic heterocycles. The molecule has 0 rings (SSSR count). The fourth-order valence-electron chi connectivity index (χ4n) is 2.86. The number of unbranched alkanes of at least 4 members (excludes halogenated alkanes) is 1. The first-order chi connectivity index (χ1) is 15.1. The Morgan fingerprint density at radius 1 is 0.906 bits per heavy atom. The second kappa shape index (κ2) is 16.7. The van der Waals surface area contributed by atoms with Gasteiger partial charge in [0, 0.05) is 0 Å². The van der Waals surface area contributed by atoms with E-state index in [2.05, 4.69) is 16.0 Å². The number of hydrogen-bond donors (Lipinski definition) is 7. The average molecular weight is 478 g/mol. The normalized spacial score (nSPS) is 14.8. The number of aliphatic carboxylic acids is 1. The molecule has 186 valence electrons. The van der Waals surface area contributed by atoms with E-state index in [0.717, 1.165) is 0 Å². The summed E-state index contributed by atoms with van der Waals surface area (Å²) >= 11 is 1.48. The lowest BCUT2D eigenvalue weighted by atomic mass is 10.0. The highest BCUT2D eigenvalue weighted by atomic mass is 32.2. The molecular weight excluding hydrogens is 438 g/mol. The van der Waals surface area contributed by atoms with E-state index in [1.807, 2.05) is 20.1 Å². The maximum atomic E-state index is 12.9. The van der Waals surface area contributed by atoms with Crippen molar-refractivity contribution in [3.63, 3.8) is 0 Å². The Morgan fingerprint density at radius 2 is 1.47 bits per heavy atom. The van der Waals surface area contributed by atoms with Crippen LogP contribution in [0.15, 0.2) is 0 Å². The van der Waals surface area contributed by atoms with Crippen LogP contribution in [0.5, 0.6) is 0 Å². The number of nitrogens with one attached hydrogen (secondary N) is 3. The Kier molecular flexibility index (Phi) is 15.7. The van der Waals surface area contributed by atoms with Crippen molar-refractivity contribution in [1.29, 1.82) is 0 Å². The Morgan fingerprint density at radius 3 is 1.97 bits per heavy atom. The molecule has 0 heterocycles. The van der Waals surface area contributed by atoms with Crippen LogP contribution in [0, 0.1) is 5.92 Å². The number of carbonyl (C=O) groups excluding carboxylic acids is 3. The predicted octanol–water partition coefficient (Wildman–Crippen LogP) is -1.23. The van der Waals surface area contributed by atoms with Crippen molar-refractivity contribution in [1.82, 2.24) is 16.0 Å². The first-order valence-corrected chi connectivity index (χ1v) is 12.2. The number of rotatable bonds is 17. The van der Waals surface area contributed by atoms with Crippen molar-refractivity contribution in [2.24, 2.45) is 17.4 Å². The summed E-state index contributed by atoms with van der Waals surface area (Å²) in [6.45, 7) is 3.60. The van der Waals surface area contributed by atoms with Crippen molar-refractivity contribution in [2.45, 2.75) is 70.1 Å². The van der Waals surface area contributed by atoms with Gasteiger partial charge in [-0.3, -0.25) is 14.4 Å². The van der Waals surface area contributed by atoms with Crippen LogP contribution in [-0.4, -0.2) is 83.2 Å². The van der Waals surface area contributed by atoms with Gasteiger partial charge in [-0.2, -0.15) is 11.8 Å². The summed E-state index contributed by atoms with van der Waals surface area (Å²) in [6.07, 6.45) is 3.84. The summed E-state index contributed by atoms with van der Waals surface area (Å²) in [4.78, 5) is 49.3. The number of thioether (sulfide) groups is 1. The van der Waals surface area contributed by atoms with Crippen LogP contribution in [0.2, 0.25) is 0 Å². The Labute approximate surface area is 193 Å². The van der Waals surface area contributed by atoms with E-state index in [1.54, 1.807) is 0 Å². The molecule has 3 amide bonds. The standard InChI is InChI=1S/C20H39N5O6S/c1-12(2)10-16(25-17(27)13(22)11-26)19(29)23-14(7-9-32-3)18(28)24-15(20(30)31)6-4-5-8-21/h12-16,26H,4-11,21-22H2,1-3H3,(H,23,29)(H,24,28)(H,25,27)(H,30,31). The Bertz CT molecular complexity index is 607. The van der Waals surface area contributed by atoms with Gasteiger partial charge in [0.15, 0.2) is 0 Å². The van der Waals surface area contributed by atoms with E-state index in [-0.39, 0.29) is 18.8 Å². The van der Waals surface area contributed by atoms with Gasteiger partial charge in [0.1, 0.15) is 24.2 Å². The van der Waals surface area contributed by atoms with E-state index in [0.29, 0.717) is 31.6 Å². The quantitative estimate of drug-likeness (QED) is 0.125. The molecule has 0 aromatic rings. The predicted molar refractivity (Wildman–Crippen MR) is 124 cm³/mol. The fourth-order valence-corrected chi connectivity index (χ4v) is 3.34. The highest BCUT2D eigenvalue weighted by molar-refractivity contribution is 7.98. The van der Waals surface area contributed by atoms with Crippen LogP contribution in [0.25, 0.3) is 0 Å². The van der Waals surface area contributed by atoms with E-state index in [4.69, 9.17) is 16.6 Å². The highest BCUT2D eigenvalue weighted by Crippen LogP contribution is 2.09. The smallest absolute Gasteiger partial charge is 0.326 e. The molecule has 0 fully saturated rings. The molecule has 0 saturated heterocycles. The van der Waals surface area contributed by atoms with Gasteiger partial charge in [0.2, 0.25) is 17.7 Å². The number of carbonyl (C=O) groups is 4. The molecule has 0 aliphatic rings. The summed E-state index contributed by atoms with van der Waals surface area (Å²) in [7, 11) is 0. The molecule has 32 heavy (non-hydrogen) atoms. The van der Waals surface area contributed by atoms with Gasteiger partial charge in [-0.1, -0.05) is 13.8 Å². The number of carboxylic acids is 1. The third-order valence-corrected chi connectivity index (χ3v) is 5.32. The summed E-state index contributed by atoms with van der Waals surface area (Å²) in [5.41, 5.74) is 11.0. The molecular formula is C20H39N5O6S. The van der Waals surface area contributed by atoms with Crippen LogP contribution in [0.1, 0.15) is 46.0 Å². The van der Waals surface area contributed by atoms with Gasteiger partial charge in [-0.25, -0.2) is 4.79 Å². The Hall–Kier alpha value is -1.89. The molecule has 0 aliphatic carbocycles. The number of aliphatic hydroxyl groups is 1. The highest BCUT2D eigenvalue weighted by Gasteiger charge is 2.30. The van der Waals surface area contributed by atoms with Gasteiger partial charge in [-0.05, 0) is 56.6 Å².